The summed E-state index contributed by atoms with van der Waals surface area (Å²) in [5, 5.41) is 0. The molecule has 0 saturated heterocycles. The Labute approximate surface area is 307 Å². The number of rotatable bonds is 13. The molecule has 0 atom stereocenters. The SMILES string of the molecule is CCCCCc1c2nc(c(CCCCC)c3ccc([nH]3)c(-c3ccc(C#C[Si](C)(C)C)cc3)c3ccc([nH]3)c(CCCCC)c3nc1C=C3)C=C2. The minimum atomic E-state index is -1.47. The van der Waals surface area contributed by atoms with Crippen molar-refractivity contribution in [3.05, 3.63) is 93.6 Å². The smallest absolute Gasteiger partial charge is 0.129 e. The van der Waals surface area contributed by atoms with Crippen LogP contribution in [0.5, 0.6) is 0 Å². The standard InChI is InChI=1S/C46H56N4Si/c1-7-10-13-16-35-38-23-25-40(47-38)36(17-14-11-8-2)42-27-29-44(49-42)46(34-21-19-33(20-22-34)31-32-51(4,5)6)45-30-28-43(50-45)37(18-15-12-9-3)41-26-24-39(35)48-41/h19-30,49-50H,7-18H2,1-6H3. The highest BCUT2D eigenvalue weighted by Crippen LogP contribution is 2.33. The van der Waals surface area contributed by atoms with Gasteiger partial charge in [-0.05, 0) is 105 Å². The van der Waals surface area contributed by atoms with Crippen LogP contribution in [0.15, 0.2) is 48.5 Å². The first kappa shape index (κ1) is 36.4. The third-order valence-corrected chi connectivity index (χ3v) is 10.8. The molecule has 0 radical (unpaired) electrons. The predicted molar refractivity (Wildman–Crippen MR) is 224 cm³/mol. The monoisotopic (exact) mass is 692 g/mol. The number of aromatic amines is 2. The molecule has 6 rings (SSSR count). The van der Waals surface area contributed by atoms with Crippen LogP contribution in [0.1, 0.15) is 124 Å². The predicted octanol–water partition coefficient (Wildman–Crippen LogP) is 12.7. The van der Waals surface area contributed by atoms with E-state index in [0.29, 0.717) is 0 Å². The molecule has 0 saturated carbocycles. The minimum Gasteiger partial charge on any atom is -0.355 e. The van der Waals surface area contributed by atoms with E-state index in [4.69, 9.17) is 9.97 Å². The van der Waals surface area contributed by atoms with E-state index in [1.165, 1.54) is 55.2 Å². The van der Waals surface area contributed by atoms with Gasteiger partial charge in [0.25, 0.3) is 0 Å². The highest BCUT2D eigenvalue weighted by molar-refractivity contribution is 6.83. The lowest BCUT2D eigenvalue weighted by Crippen LogP contribution is -2.16. The van der Waals surface area contributed by atoms with Gasteiger partial charge in [-0.3, -0.25) is 0 Å². The van der Waals surface area contributed by atoms with Gasteiger partial charge in [0.1, 0.15) is 8.07 Å². The van der Waals surface area contributed by atoms with Crippen molar-refractivity contribution in [3.63, 3.8) is 0 Å². The fraction of sp³-hybridized carbons (Fsp3) is 0.391. The van der Waals surface area contributed by atoms with Crippen LogP contribution in [0.3, 0.4) is 0 Å². The maximum atomic E-state index is 5.38. The Morgan fingerprint density at radius 3 is 1.35 bits per heavy atom. The molecule has 51 heavy (non-hydrogen) atoms. The fourth-order valence-corrected chi connectivity index (χ4v) is 7.63. The number of nitrogens with zero attached hydrogens (tertiary/aromatic N) is 2. The molecule has 0 unspecified atom stereocenters. The van der Waals surface area contributed by atoms with E-state index in [0.717, 1.165) is 100 Å². The summed E-state index contributed by atoms with van der Waals surface area (Å²) in [6, 6.07) is 17.8. The first-order valence-electron chi connectivity index (χ1n) is 19.5. The lowest BCUT2D eigenvalue weighted by Gasteiger charge is -2.07. The van der Waals surface area contributed by atoms with E-state index in [1.54, 1.807) is 0 Å². The van der Waals surface area contributed by atoms with Gasteiger partial charge in [0.15, 0.2) is 0 Å². The van der Waals surface area contributed by atoms with Crippen molar-refractivity contribution in [3.8, 4) is 22.6 Å². The molecular weight excluding hydrogens is 637 g/mol. The zero-order valence-electron chi connectivity index (χ0n) is 31.8. The van der Waals surface area contributed by atoms with Gasteiger partial charge >= 0.3 is 0 Å². The Morgan fingerprint density at radius 2 is 0.922 bits per heavy atom. The number of nitrogens with one attached hydrogen (secondary N) is 2. The van der Waals surface area contributed by atoms with Crippen molar-refractivity contribution < 1.29 is 0 Å². The summed E-state index contributed by atoms with van der Waals surface area (Å²) in [6.07, 6.45) is 22.5. The highest BCUT2D eigenvalue weighted by Gasteiger charge is 2.17. The van der Waals surface area contributed by atoms with E-state index < -0.39 is 8.07 Å². The van der Waals surface area contributed by atoms with Gasteiger partial charge in [0, 0.05) is 49.9 Å². The van der Waals surface area contributed by atoms with Crippen LogP contribution in [-0.4, -0.2) is 28.0 Å². The Morgan fingerprint density at radius 1 is 0.510 bits per heavy atom. The van der Waals surface area contributed by atoms with Gasteiger partial charge in [-0.25, -0.2) is 9.97 Å². The van der Waals surface area contributed by atoms with Crippen molar-refractivity contribution in [1.29, 1.82) is 0 Å². The Kier molecular flexibility index (Phi) is 11.9. The highest BCUT2D eigenvalue weighted by atomic mass is 28.3. The quantitative estimate of drug-likeness (QED) is 0.0719. The van der Waals surface area contributed by atoms with Crippen LogP contribution < -0.4 is 0 Å². The molecule has 0 spiro atoms. The summed E-state index contributed by atoms with van der Waals surface area (Å²) in [4.78, 5) is 18.6. The second kappa shape index (κ2) is 16.7. The van der Waals surface area contributed by atoms with Crippen molar-refractivity contribution in [2.24, 2.45) is 0 Å². The summed E-state index contributed by atoms with van der Waals surface area (Å²) in [5.74, 6) is 3.44. The first-order chi connectivity index (χ1) is 24.8. The van der Waals surface area contributed by atoms with Gasteiger partial charge in [0.2, 0.25) is 0 Å². The largest absolute Gasteiger partial charge is 0.355 e. The van der Waals surface area contributed by atoms with Crippen molar-refractivity contribution in [2.45, 2.75) is 117 Å². The molecule has 4 nitrogen and oxygen atoms in total. The third kappa shape index (κ3) is 8.91. The number of benzene rings is 1. The summed E-state index contributed by atoms with van der Waals surface area (Å²) in [5.41, 5.74) is 19.5. The van der Waals surface area contributed by atoms with Gasteiger partial charge in [-0.1, -0.05) is 97.0 Å². The van der Waals surface area contributed by atoms with Crippen LogP contribution >= 0.6 is 0 Å². The zero-order valence-corrected chi connectivity index (χ0v) is 32.8. The van der Waals surface area contributed by atoms with Gasteiger partial charge in [0.05, 0.1) is 22.8 Å². The van der Waals surface area contributed by atoms with E-state index in [1.807, 2.05) is 0 Å². The van der Waals surface area contributed by atoms with Crippen LogP contribution in [0.2, 0.25) is 19.6 Å². The molecule has 2 N–H and O–H groups in total. The molecule has 0 fully saturated rings. The summed E-state index contributed by atoms with van der Waals surface area (Å²) < 4.78 is 0. The topological polar surface area (TPSA) is 57.4 Å². The van der Waals surface area contributed by atoms with E-state index in [-0.39, 0.29) is 0 Å². The maximum absolute atomic E-state index is 5.38. The van der Waals surface area contributed by atoms with Crippen molar-refractivity contribution in [2.75, 3.05) is 0 Å². The van der Waals surface area contributed by atoms with Crippen LogP contribution in [0.4, 0.5) is 0 Å². The molecule has 4 aromatic rings. The average molecular weight is 693 g/mol. The number of aromatic nitrogens is 4. The Bertz CT molecular complexity index is 2020. The normalized spacial score (nSPS) is 12.4. The Hall–Kier alpha value is -4.40. The lowest BCUT2D eigenvalue weighted by molar-refractivity contribution is 0.712. The molecule has 1 aromatic carbocycles. The first-order valence-corrected chi connectivity index (χ1v) is 23.0. The minimum absolute atomic E-state index is 0.983. The van der Waals surface area contributed by atoms with Crippen LogP contribution in [0, 0.1) is 11.5 Å². The number of hydrogen-bond donors (Lipinski definition) is 2. The molecule has 2 aliphatic heterocycles. The van der Waals surface area contributed by atoms with Gasteiger partial charge in [-0.2, -0.15) is 0 Å². The maximum Gasteiger partial charge on any atom is 0.129 e. The van der Waals surface area contributed by atoms with Crippen LogP contribution in [-0.2, 0) is 19.3 Å². The molecular formula is C46H56N4Si. The third-order valence-electron chi connectivity index (χ3n) is 9.92. The van der Waals surface area contributed by atoms with Crippen molar-refractivity contribution in [1.82, 2.24) is 19.9 Å². The molecule has 0 aliphatic carbocycles. The second-order valence-electron chi connectivity index (χ2n) is 15.3. The Balaban J connectivity index is 1.66. The lowest BCUT2D eigenvalue weighted by atomic mass is 10.0. The molecule has 0 amide bonds. The van der Waals surface area contributed by atoms with Crippen LogP contribution in [0.25, 0.3) is 57.5 Å². The molecule has 5 heteroatoms. The van der Waals surface area contributed by atoms with E-state index >= 15 is 0 Å². The molecule has 2 aliphatic rings. The summed E-state index contributed by atoms with van der Waals surface area (Å²) >= 11 is 0. The fourth-order valence-electron chi connectivity index (χ4n) is 7.11. The molecule has 5 heterocycles. The molecule has 264 valence electrons. The number of fused-ring (bicyclic) bond motifs is 8. The summed E-state index contributed by atoms with van der Waals surface area (Å²) in [6.45, 7) is 13.7. The number of H-pyrrole nitrogens is 2. The average Bonchev–Trinajstić information content (AvgIpc) is 3.95. The van der Waals surface area contributed by atoms with E-state index in [2.05, 4.69) is 135 Å². The van der Waals surface area contributed by atoms with Gasteiger partial charge < -0.3 is 9.97 Å². The number of hydrogen-bond acceptors (Lipinski definition) is 2. The summed E-state index contributed by atoms with van der Waals surface area (Å²) in [7, 11) is -1.47. The second-order valence-corrected chi connectivity index (χ2v) is 20.0. The number of aryl methyl sites for hydroxylation is 2. The van der Waals surface area contributed by atoms with E-state index in [9.17, 15) is 0 Å². The number of unbranched alkanes of at least 4 members (excludes halogenated alkanes) is 6. The zero-order chi connectivity index (χ0) is 35.8. The van der Waals surface area contributed by atoms with Crippen molar-refractivity contribution >= 4 is 54.4 Å². The molecule has 3 aromatic heterocycles. The molecule has 8 bridgehead atoms. The van der Waals surface area contributed by atoms with Gasteiger partial charge in [-0.15, -0.1) is 5.54 Å².